The fourth-order valence-electron chi connectivity index (χ4n) is 2.64. The topological polar surface area (TPSA) is 59.6 Å². The fraction of sp³-hybridized carbons (Fsp3) is 0.923. The summed E-state index contributed by atoms with van der Waals surface area (Å²) in [4.78, 5) is 12.1. The molecule has 0 bridgehead atoms. The van der Waals surface area contributed by atoms with Gasteiger partial charge in [0.1, 0.15) is 5.60 Å². The molecule has 0 aromatic rings. The van der Waals surface area contributed by atoms with E-state index in [0.29, 0.717) is 25.7 Å². The number of hydrogen-bond donors (Lipinski definition) is 2. The lowest BCUT2D eigenvalue weighted by molar-refractivity contribution is -0.125. The Morgan fingerprint density at radius 1 is 1.61 bits per heavy atom. The van der Waals surface area contributed by atoms with Gasteiger partial charge >= 0.3 is 0 Å². The van der Waals surface area contributed by atoms with Crippen LogP contribution in [0.3, 0.4) is 0 Å². The Morgan fingerprint density at radius 2 is 2.44 bits per heavy atom. The lowest BCUT2D eigenvalue weighted by Gasteiger charge is -2.30. The predicted octanol–water partition coefficient (Wildman–Crippen LogP) is 0.296. The van der Waals surface area contributed by atoms with Gasteiger partial charge in [0.15, 0.2) is 0 Å². The number of hydrogen-bond acceptors (Lipinski definition) is 4. The highest BCUT2D eigenvalue weighted by Gasteiger charge is 2.36. The van der Waals surface area contributed by atoms with E-state index in [1.165, 1.54) is 0 Å². The van der Waals surface area contributed by atoms with Crippen molar-refractivity contribution >= 4 is 5.91 Å². The average molecular weight is 256 g/mol. The molecule has 5 nitrogen and oxygen atoms in total. The Bertz CT molecular complexity index is 290. The number of rotatable bonds is 4. The predicted molar refractivity (Wildman–Crippen MR) is 68.4 cm³/mol. The summed E-state index contributed by atoms with van der Waals surface area (Å²) in [6.45, 7) is 4.94. The van der Waals surface area contributed by atoms with Crippen molar-refractivity contribution in [1.29, 1.82) is 0 Å². The molecule has 3 atom stereocenters. The maximum Gasteiger partial charge on any atom is 0.237 e. The highest BCUT2D eigenvalue weighted by Crippen LogP contribution is 2.21. The van der Waals surface area contributed by atoms with Crippen molar-refractivity contribution in [3.63, 3.8) is 0 Å². The van der Waals surface area contributed by atoms with Crippen LogP contribution in [0.25, 0.3) is 0 Å². The van der Waals surface area contributed by atoms with E-state index in [4.69, 9.17) is 9.47 Å². The molecule has 2 heterocycles. The average Bonchev–Trinajstić information content (AvgIpc) is 2.85. The van der Waals surface area contributed by atoms with Crippen molar-refractivity contribution in [3.05, 3.63) is 0 Å². The molecule has 0 aliphatic carbocycles. The molecule has 2 fully saturated rings. The first-order chi connectivity index (χ1) is 8.65. The molecule has 2 aliphatic heterocycles. The van der Waals surface area contributed by atoms with E-state index >= 15 is 0 Å². The fourth-order valence-corrected chi connectivity index (χ4v) is 2.64. The highest BCUT2D eigenvalue weighted by molar-refractivity contribution is 5.81. The van der Waals surface area contributed by atoms with Gasteiger partial charge in [0.05, 0.1) is 12.6 Å². The van der Waals surface area contributed by atoms with Gasteiger partial charge in [-0.25, -0.2) is 0 Å². The van der Waals surface area contributed by atoms with Crippen LogP contribution in [0.4, 0.5) is 0 Å². The van der Waals surface area contributed by atoms with Crippen LogP contribution in [0.1, 0.15) is 26.2 Å². The molecule has 0 spiro atoms. The molecule has 3 unspecified atom stereocenters. The zero-order valence-electron chi connectivity index (χ0n) is 11.3. The monoisotopic (exact) mass is 256 g/mol. The van der Waals surface area contributed by atoms with E-state index in [2.05, 4.69) is 17.6 Å². The summed E-state index contributed by atoms with van der Waals surface area (Å²) in [6, 6.07) is -0.0509. The van der Waals surface area contributed by atoms with Gasteiger partial charge in [0.2, 0.25) is 5.91 Å². The first-order valence-electron chi connectivity index (χ1n) is 6.79. The molecule has 0 radical (unpaired) electrons. The minimum atomic E-state index is -0.323. The number of ether oxygens (including phenoxy) is 2. The SMILES string of the molecule is COC1(CNC(=O)C2CC(C)CCN2)CCOC1. The Labute approximate surface area is 109 Å². The molecule has 104 valence electrons. The molecule has 2 rings (SSSR count). The maximum atomic E-state index is 12.1. The smallest absolute Gasteiger partial charge is 0.237 e. The van der Waals surface area contributed by atoms with Crippen molar-refractivity contribution in [3.8, 4) is 0 Å². The summed E-state index contributed by atoms with van der Waals surface area (Å²) < 4.78 is 10.9. The van der Waals surface area contributed by atoms with E-state index in [0.717, 1.165) is 25.8 Å². The summed E-state index contributed by atoms with van der Waals surface area (Å²) in [6.07, 6.45) is 2.92. The number of piperidine rings is 1. The molecular formula is C13H24N2O3. The third-order valence-electron chi connectivity index (χ3n) is 4.07. The highest BCUT2D eigenvalue weighted by atomic mass is 16.5. The number of carbonyl (C=O) groups excluding carboxylic acids is 1. The van der Waals surface area contributed by atoms with Gasteiger partial charge < -0.3 is 20.1 Å². The molecule has 2 N–H and O–H groups in total. The zero-order chi connectivity index (χ0) is 13.0. The van der Waals surface area contributed by atoms with Crippen molar-refractivity contribution in [2.45, 2.75) is 37.8 Å². The zero-order valence-corrected chi connectivity index (χ0v) is 11.3. The van der Waals surface area contributed by atoms with Gasteiger partial charge in [-0.3, -0.25) is 4.79 Å². The summed E-state index contributed by atoms with van der Waals surface area (Å²) in [7, 11) is 1.68. The van der Waals surface area contributed by atoms with Crippen LogP contribution in [0.2, 0.25) is 0 Å². The van der Waals surface area contributed by atoms with Crippen molar-refractivity contribution in [2.24, 2.45) is 5.92 Å². The molecule has 18 heavy (non-hydrogen) atoms. The number of carbonyl (C=O) groups is 1. The van der Waals surface area contributed by atoms with Crippen LogP contribution in [0, 0.1) is 5.92 Å². The van der Waals surface area contributed by atoms with Gasteiger partial charge in [-0.05, 0) is 25.3 Å². The minimum Gasteiger partial charge on any atom is -0.378 e. The number of nitrogens with one attached hydrogen (secondary N) is 2. The second-order valence-electron chi connectivity index (χ2n) is 5.54. The van der Waals surface area contributed by atoms with Crippen LogP contribution >= 0.6 is 0 Å². The first kappa shape index (κ1) is 13.8. The van der Waals surface area contributed by atoms with Crippen LogP contribution in [0.5, 0.6) is 0 Å². The summed E-state index contributed by atoms with van der Waals surface area (Å²) in [5, 5.41) is 6.27. The van der Waals surface area contributed by atoms with Gasteiger partial charge in [0, 0.05) is 26.7 Å². The Morgan fingerprint density at radius 3 is 3.06 bits per heavy atom. The summed E-state index contributed by atoms with van der Waals surface area (Å²) in [5.41, 5.74) is -0.323. The quantitative estimate of drug-likeness (QED) is 0.759. The largest absolute Gasteiger partial charge is 0.378 e. The van der Waals surface area contributed by atoms with Crippen LogP contribution in [-0.4, -0.2) is 51.0 Å². The van der Waals surface area contributed by atoms with E-state index in [1.807, 2.05) is 0 Å². The number of methoxy groups -OCH3 is 1. The van der Waals surface area contributed by atoms with Gasteiger partial charge in [-0.2, -0.15) is 0 Å². The maximum absolute atomic E-state index is 12.1. The summed E-state index contributed by atoms with van der Waals surface area (Å²) in [5.74, 6) is 0.707. The Balaban J connectivity index is 1.80. The van der Waals surface area contributed by atoms with Gasteiger partial charge in [-0.15, -0.1) is 0 Å². The molecule has 0 aromatic heterocycles. The van der Waals surface area contributed by atoms with Crippen molar-refractivity contribution in [2.75, 3.05) is 33.4 Å². The van der Waals surface area contributed by atoms with Crippen LogP contribution in [-0.2, 0) is 14.3 Å². The van der Waals surface area contributed by atoms with Gasteiger partial charge in [-0.1, -0.05) is 6.92 Å². The van der Waals surface area contributed by atoms with Crippen molar-refractivity contribution < 1.29 is 14.3 Å². The van der Waals surface area contributed by atoms with E-state index in [1.54, 1.807) is 7.11 Å². The third-order valence-corrected chi connectivity index (χ3v) is 4.07. The second-order valence-corrected chi connectivity index (χ2v) is 5.54. The Hall–Kier alpha value is -0.650. The lowest BCUT2D eigenvalue weighted by Crippen LogP contribution is -2.52. The van der Waals surface area contributed by atoms with Crippen LogP contribution < -0.4 is 10.6 Å². The normalized spacial score (nSPS) is 36.6. The molecule has 1 amide bonds. The van der Waals surface area contributed by atoms with Gasteiger partial charge in [0.25, 0.3) is 0 Å². The molecule has 5 heteroatoms. The lowest BCUT2D eigenvalue weighted by atomic mass is 9.93. The standard InChI is InChI=1S/C13H24N2O3/c1-10-3-5-14-11(7-10)12(16)15-8-13(17-2)4-6-18-9-13/h10-11,14H,3-9H2,1-2H3,(H,15,16). The minimum absolute atomic E-state index is 0.0509. The van der Waals surface area contributed by atoms with E-state index < -0.39 is 0 Å². The Kier molecular flexibility index (Phi) is 4.59. The number of amides is 1. The molecule has 0 aromatic carbocycles. The first-order valence-corrected chi connectivity index (χ1v) is 6.79. The summed E-state index contributed by atoms with van der Waals surface area (Å²) >= 11 is 0. The van der Waals surface area contributed by atoms with Crippen LogP contribution in [0.15, 0.2) is 0 Å². The third kappa shape index (κ3) is 3.22. The molecule has 2 aliphatic rings. The molecule has 0 saturated carbocycles. The van der Waals surface area contributed by atoms with E-state index in [9.17, 15) is 4.79 Å². The van der Waals surface area contributed by atoms with E-state index in [-0.39, 0.29) is 17.6 Å². The molecule has 2 saturated heterocycles. The van der Waals surface area contributed by atoms with Crippen molar-refractivity contribution in [1.82, 2.24) is 10.6 Å². The second kappa shape index (κ2) is 5.99. The molecular weight excluding hydrogens is 232 g/mol.